The molecule has 4 nitrogen and oxygen atoms in total. The van der Waals surface area contributed by atoms with Crippen molar-refractivity contribution in [3.8, 4) is 0 Å². The monoisotopic (exact) mass is 346 g/mol. The van der Waals surface area contributed by atoms with Crippen LogP contribution in [-0.4, -0.2) is 29.8 Å². The van der Waals surface area contributed by atoms with E-state index in [1.54, 1.807) is 29.5 Å². The Morgan fingerprint density at radius 3 is 2.62 bits per heavy atom. The fourth-order valence-electron chi connectivity index (χ4n) is 2.02. The molecule has 2 rings (SSSR count). The highest BCUT2D eigenvalue weighted by Crippen LogP contribution is 2.10. The van der Waals surface area contributed by atoms with Crippen LogP contribution in [0.25, 0.3) is 6.08 Å². The van der Waals surface area contributed by atoms with Crippen molar-refractivity contribution in [1.29, 1.82) is 0 Å². The van der Waals surface area contributed by atoms with E-state index in [0.717, 1.165) is 10.4 Å². The molecule has 0 spiro atoms. The van der Waals surface area contributed by atoms with E-state index in [2.05, 4.69) is 5.32 Å². The van der Waals surface area contributed by atoms with Gasteiger partial charge in [-0.2, -0.15) is 0 Å². The molecule has 0 bridgehead atoms. The summed E-state index contributed by atoms with van der Waals surface area (Å²) >= 11 is 1.54. The smallest absolute Gasteiger partial charge is 0.247 e. The fourth-order valence-corrected chi connectivity index (χ4v) is 2.64. The first-order valence-corrected chi connectivity index (χ1v) is 8.48. The molecule has 0 radical (unpaired) electrons. The van der Waals surface area contributed by atoms with Gasteiger partial charge in [0.15, 0.2) is 0 Å². The number of amides is 2. The second-order valence-electron chi connectivity index (χ2n) is 5.10. The molecule has 2 amide bonds. The van der Waals surface area contributed by atoms with E-state index in [0.29, 0.717) is 13.1 Å². The molecule has 0 aliphatic rings. The van der Waals surface area contributed by atoms with E-state index in [9.17, 15) is 14.0 Å². The molecule has 24 heavy (non-hydrogen) atoms. The van der Waals surface area contributed by atoms with Gasteiger partial charge in [-0.05, 0) is 42.1 Å². The molecule has 0 fully saturated rings. The lowest BCUT2D eigenvalue weighted by atomic mass is 10.2. The number of likely N-dealkylation sites (N-methyl/N-ethyl adjacent to an activating group) is 1. The molecule has 0 saturated carbocycles. The first-order chi connectivity index (χ1) is 11.6. The standard InChI is InChI=1S/C18H19FN2O2S/c1-2-21(18(23)10-9-16-4-3-11-24-16)13-17(22)20-12-14-5-7-15(19)8-6-14/h3-11H,2,12-13H2,1H3,(H,20,22)/b10-9+. The zero-order valence-corrected chi connectivity index (χ0v) is 14.2. The summed E-state index contributed by atoms with van der Waals surface area (Å²) in [6.45, 7) is 2.56. The van der Waals surface area contributed by atoms with Gasteiger partial charge in [-0.1, -0.05) is 18.2 Å². The molecule has 0 aliphatic heterocycles. The molecule has 1 aromatic heterocycles. The van der Waals surface area contributed by atoms with Crippen LogP contribution in [0.5, 0.6) is 0 Å². The Hall–Kier alpha value is -2.47. The minimum absolute atomic E-state index is 0.00862. The Morgan fingerprint density at radius 2 is 2.00 bits per heavy atom. The van der Waals surface area contributed by atoms with Crippen LogP contribution in [0.1, 0.15) is 17.4 Å². The molecule has 1 aromatic carbocycles. The van der Waals surface area contributed by atoms with Crippen LogP contribution < -0.4 is 5.32 Å². The van der Waals surface area contributed by atoms with Crippen molar-refractivity contribution >= 4 is 29.2 Å². The number of thiophene rings is 1. The quantitative estimate of drug-likeness (QED) is 0.784. The van der Waals surface area contributed by atoms with Gasteiger partial charge in [0.2, 0.25) is 11.8 Å². The number of nitrogens with one attached hydrogen (secondary N) is 1. The lowest BCUT2D eigenvalue weighted by Crippen LogP contribution is -2.39. The Labute approximate surface area is 144 Å². The molecule has 1 heterocycles. The third kappa shape index (κ3) is 5.62. The average molecular weight is 346 g/mol. The predicted molar refractivity (Wildman–Crippen MR) is 93.9 cm³/mol. The number of hydrogen-bond acceptors (Lipinski definition) is 3. The SMILES string of the molecule is CCN(CC(=O)NCc1ccc(F)cc1)C(=O)/C=C/c1cccs1. The van der Waals surface area contributed by atoms with Crippen LogP contribution in [0.4, 0.5) is 4.39 Å². The van der Waals surface area contributed by atoms with Crippen molar-refractivity contribution in [2.24, 2.45) is 0 Å². The van der Waals surface area contributed by atoms with Gasteiger partial charge in [-0.15, -0.1) is 11.3 Å². The average Bonchev–Trinajstić information content (AvgIpc) is 3.10. The molecular formula is C18H19FN2O2S. The number of carbonyl (C=O) groups is 2. The summed E-state index contributed by atoms with van der Waals surface area (Å²) in [5.74, 6) is -0.771. The normalized spacial score (nSPS) is 10.8. The van der Waals surface area contributed by atoms with Crippen molar-refractivity contribution in [3.05, 3.63) is 64.1 Å². The molecule has 126 valence electrons. The fraction of sp³-hybridized carbons (Fsp3) is 0.222. The highest BCUT2D eigenvalue weighted by atomic mass is 32.1. The van der Waals surface area contributed by atoms with Crippen molar-refractivity contribution < 1.29 is 14.0 Å². The van der Waals surface area contributed by atoms with E-state index < -0.39 is 0 Å². The highest BCUT2D eigenvalue weighted by molar-refractivity contribution is 7.10. The van der Waals surface area contributed by atoms with Crippen molar-refractivity contribution in [2.75, 3.05) is 13.1 Å². The van der Waals surface area contributed by atoms with Crippen LogP contribution in [0.2, 0.25) is 0 Å². The molecule has 0 atom stereocenters. The van der Waals surface area contributed by atoms with Gasteiger partial charge < -0.3 is 10.2 Å². The van der Waals surface area contributed by atoms with Gasteiger partial charge in [-0.25, -0.2) is 4.39 Å². The Balaban J connectivity index is 1.83. The summed E-state index contributed by atoms with van der Waals surface area (Å²) < 4.78 is 12.8. The number of hydrogen-bond donors (Lipinski definition) is 1. The lowest BCUT2D eigenvalue weighted by molar-refractivity contribution is -0.132. The van der Waals surface area contributed by atoms with E-state index in [-0.39, 0.29) is 24.2 Å². The van der Waals surface area contributed by atoms with Crippen LogP contribution >= 0.6 is 11.3 Å². The second kappa shape index (κ2) is 8.98. The minimum atomic E-state index is -0.314. The maximum Gasteiger partial charge on any atom is 0.247 e. The molecule has 0 unspecified atom stereocenters. The Bertz CT molecular complexity index is 696. The second-order valence-corrected chi connectivity index (χ2v) is 6.08. The molecule has 2 aromatic rings. The van der Waals surface area contributed by atoms with Gasteiger partial charge in [0.1, 0.15) is 5.82 Å². The number of rotatable bonds is 7. The van der Waals surface area contributed by atoms with E-state index >= 15 is 0 Å². The third-order valence-electron chi connectivity index (χ3n) is 3.36. The summed E-state index contributed by atoms with van der Waals surface area (Å²) in [5.41, 5.74) is 0.803. The van der Waals surface area contributed by atoms with E-state index in [1.165, 1.54) is 23.1 Å². The first-order valence-electron chi connectivity index (χ1n) is 7.60. The third-order valence-corrected chi connectivity index (χ3v) is 4.20. The maximum absolute atomic E-state index is 12.8. The zero-order chi connectivity index (χ0) is 17.4. The van der Waals surface area contributed by atoms with Crippen LogP contribution in [-0.2, 0) is 16.1 Å². The molecule has 1 N–H and O–H groups in total. The topological polar surface area (TPSA) is 49.4 Å². The number of nitrogens with zero attached hydrogens (tertiary/aromatic N) is 1. The van der Waals surface area contributed by atoms with Gasteiger partial charge >= 0.3 is 0 Å². The summed E-state index contributed by atoms with van der Waals surface area (Å²) in [6.07, 6.45) is 3.22. The van der Waals surface area contributed by atoms with Crippen LogP contribution in [0.15, 0.2) is 47.9 Å². The van der Waals surface area contributed by atoms with E-state index in [4.69, 9.17) is 0 Å². The number of carbonyl (C=O) groups excluding carboxylic acids is 2. The lowest BCUT2D eigenvalue weighted by Gasteiger charge is -2.18. The highest BCUT2D eigenvalue weighted by Gasteiger charge is 2.13. The molecule has 6 heteroatoms. The Morgan fingerprint density at radius 1 is 1.25 bits per heavy atom. The summed E-state index contributed by atoms with van der Waals surface area (Å²) in [6, 6.07) is 9.75. The van der Waals surface area contributed by atoms with Crippen LogP contribution in [0, 0.1) is 5.82 Å². The van der Waals surface area contributed by atoms with Gasteiger partial charge in [0.05, 0.1) is 6.54 Å². The van der Waals surface area contributed by atoms with Crippen molar-refractivity contribution in [1.82, 2.24) is 10.2 Å². The summed E-state index contributed by atoms with van der Waals surface area (Å²) in [4.78, 5) is 26.6. The summed E-state index contributed by atoms with van der Waals surface area (Å²) in [5, 5.41) is 4.67. The molecule has 0 saturated heterocycles. The van der Waals surface area contributed by atoms with Crippen LogP contribution in [0.3, 0.4) is 0 Å². The van der Waals surface area contributed by atoms with Gasteiger partial charge in [-0.3, -0.25) is 9.59 Å². The van der Waals surface area contributed by atoms with Gasteiger partial charge in [0.25, 0.3) is 0 Å². The van der Waals surface area contributed by atoms with Crippen molar-refractivity contribution in [3.63, 3.8) is 0 Å². The summed E-state index contributed by atoms with van der Waals surface area (Å²) in [7, 11) is 0. The first kappa shape index (κ1) is 17.9. The van der Waals surface area contributed by atoms with Gasteiger partial charge in [0, 0.05) is 24.0 Å². The Kier molecular flexibility index (Phi) is 6.69. The molecule has 0 aliphatic carbocycles. The molecular weight excluding hydrogens is 327 g/mol. The predicted octanol–water partition coefficient (Wildman–Crippen LogP) is 3.07. The number of halogens is 1. The maximum atomic E-state index is 12.8. The minimum Gasteiger partial charge on any atom is -0.350 e. The van der Waals surface area contributed by atoms with E-state index in [1.807, 2.05) is 24.4 Å². The zero-order valence-electron chi connectivity index (χ0n) is 13.4. The van der Waals surface area contributed by atoms with Crippen molar-refractivity contribution in [2.45, 2.75) is 13.5 Å². The largest absolute Gasteiger partial charge is 0.350 e. The number of benzene rings is 1.